The fourth-order valence-electron chi connectivity index (χ4n) is 4.69. The van der Waals surface area contributed by atoms with E-state index in [4.69, 9.17) is 4.74 Å². The highest BCUT2D eigenvalue weighted by Gasteiger charge is 2.40. The lowest BCUT2D eigenvalue weighted by Crippen LogP contribution is -2.60. The van der Waals surface area contributed by atoms with Gasteiger partial charge in [0.1, 0.15) is 11.6 Å². The summed E-state index contributed by atoms with van der Waals surface area (Å²) in [4.78, 5) is 53.7. The maximum absolute atomic E-state index is 13.8. The van der Waals surface area contributed by atoms with Gasteiger partial charge in [-0.15, -0.1) is 0 Å². The van der Waals surface area contributed by atoms with E-state index in [1.165, 1.54) is 18.7 Å². The molecule has 9 heteroatoms. The zero-order chi connectivity index (χ0) is 28.6. The van der Waals surface area contributed by atoms with E-state index in [-0.39, 0.29) is 24.1 Å². The van der Waals surface area contributed by atoms with Gasteiger partial charge in [0.25, 0.3) is 0 Å². The van der Waals surface area contributed by atoms with E-state index in [9.17, 15) is 19.2 Å². The quantitative estimate of drug-likeness (QED) is 0.511. The Morgan fingerprint density at radius 2 is 1.62 bits per heavy atom. The van der Waals surface area contributed by atoms with Crippen molar-refractivity contribution in [2.75, 3.05) is 13.1 Å². The summed E-state index contributed by atoms with van der Waals surface area (Å²) in [5.74, 6) is -0.511. The number of nitrogens with zero attached hydrogens (tertiary/aromatic N) is 2. The van der Waals surface area contributed by atoms with Gasteiger partial charge in [-0.25, -0.2) is 4.79 Å². The molecule has 210 valence electrons. The predicted molar refractivity (Wildman–Crippen MR) is 148 cm³/mol. The molecule has 1 aliphatic rings. The van der Waals surface area contributed by atoms with Crippen molar-refractivity contribution in [2.45, 2.75) is 78.2 Å². The van der Waals surface area contributed by atoms with E-state index < -0.39 is 23.8 Å². The van der Waals surface area contributed by atoms with Crippen LogP contribution in [0.3, 0.4) is 0 Å². The predicted octanol–water partition coefficient (Wildman–Crippen LogP) is 3.41. The van der Waals surface area contributed by atoms with Gasteiger partial charge in [0, 0.05) is 46.1 Å². The highest BCUT2D eigenvalue weighted by molar-refractivity contribution is 5.87. The van der Waals surface area contributed by atoms with Gasteiger partial charge >= 0.3 is 6.09 Å². The molecule has 3 rings (SSSR count). The molecule has 1 saturated heterocycles. The molecular formula is C30H40N4O5. The van der Waals surface area contributed by atoms with Crippen molar-refractivity contribution in [1.29, 1.82) is 0 Å². The summed E-state index contributed by atoms with van der Waals surface area (Å²) in [5.41, 5.74) is 2.18. The first kappa shape index (κ1) is 29.7. The first-order valence-corrected chi connectivity index (χ1v) is 13.3. The molecule has 2 aromatic rings. The third kappa shape index (κ3) is 9.42. The molecule has 1 heterocycles. The zero-order valence-electron chi connectivity index (χ0n) is 23.5. The summed E-state index contributed by atoms with van der Waals surface area (Å²) in [5, 5.41) is 5.77. The van der Waals surface area contributed by atoms with Gasteiger partial charge in [0.05, 0.1) is 0 Å². The number of carbonyl (C=O) groups excluding carboxylic acids is 4. The average Bonchev–Trinajstić information content (AvgIpc) is 2.84. The van der Waals surface area contributed by atoms with Gasteiger partial charge in [-0.2, -0.15) is 0 Å². The highest BCUT2D eigenvalue weighted by Crippen LogP contribution is 2.23. The summed E-state index contributed by atoms with van der Waals surface area (Å²) >= 11 is 0. The fourth-order valence-corrected chi connectivity index (χ4v) is 4.69. The molecular weight excluding hydrogens is 496 g/mol. The lowest BCUT2D eigenvalue weighted by Gasteiger charge is -2.42. The van der Waals surface area contributed by atoms with Crippen LogP contribution in [-0.2, 0) is 38.6 Å². The lowest BCUT2D eigenvalue weighted by atomic mass is 9.95. The van der Waals surface area contributed by atoms with Crippen LogP contribution in [0.15, 0.2) is 54.6 Å². The molecule has 2 aromatic carbocycles. The summed E-state index contributed by atoms with van der Waals surface area (Å²) in [6.07, 6.45) is 0.149. The lowest BCUT2D eigenvalue weighted by molar-refractivity contribution is -0.143. The maximum atomic E-state index is 13.8. The highest BCUT2D eigenvalue weighted by atomic mass is 16.6. The second-order valence-electron chi connectivity index (χ2n) is 11.0. The Bertz CT molecular complexity index is 1160. The van der Waals surface area contributed by atoms with Crippen LogP contribution in [-0.4, -0.2) is 64.4 Å². The molecule has 0 aromatic heterocycles. The number of piperazine rings is 1. The SMILES string of the molecule is CC(=O)NCc1cccc(C[C@@H](C[C@H]2C(=O)N(Cc3ccccc3)CCN2C(=O)OC(C)(C)C)NC(C)=O)c1. The van der Waals surface area contributed by atoms with Gasteiger partial charge in [-0.3, -0.25) is 19.3 Å². The van der Waals surface area contributed by atoms with Crippen LogP contribution < -0.4 is 10.6 Å². The van der Waals surface area contributed by atoms with Crippen molar-refractivity contribution in [3.63, 3.8) is 0 Å². The molecule has 0 radical (unpaired) electrons. The normalized spacial score (nSPS) is 16.4. The van der Waals surface area contributed by atoms with Crippen LogP contribution in [0, 0.1) is 0 Å². The van der Waals surface area contributed by atoms with Crippen molar-refractivity contribution in [1.82, 2.24) is 20.4 Å². The Balaban J connectivity index is 1.85. The van der Waals surface area contributed by atoms with Crippen molar-refractivity contribution in [3.05, 3.63) is 71.3 Å². The summed E-state index contributed by atoms with van der Waals surface area (Å²) in [6.45, 7) is 9.84. The summed E-state index contributed by atoms with van der Waals surface area (Å²) in [6, 6.07) is 16.3. The van der Waals surface area contributed by atoms with Crippen LogP contribution in [0.4, 0.5) is 4.79 Å². The smallest absolute Gasteiger partial charge is 0.411 e. The molecule has 0 unspecified atom stereocenters. The first-order chi connectivity index (χ1) is 18.4. The Morgan fingerprint density at radius 3 is 2.26 bits per heavy atom. The van der Waals surface area contributed by atoms with Crippen LogP contribution in [0.1, 0.15) is 57.7 Å². The Morgan fingerprint density at radius 1 is 0.949 bits per heavy atom. The topological polar surface area (TPSA) is 108 Å². The molecule has 4 amide bonds. The van der Waals surface area contributed by atoms with Crippen molar-refractivity contribution in [3.8, 4) is 0 Å². The number of rotatable bonds is 9. The minimum Gasteiger partial charge on any atom is -0.444 e. The molecule has 0 spiro atoms. The second-order valence-corrected chi connectivity index (χ2v) is 11.0. The van der Waals surface area contributed by atoms with Gasteiger partial charge in [0.2, 0.25) is 17.7 Å². The molecule has 0 saturated carbocycles. The molecule has 2 N–H and O–H groups in total. The summed E-state index contributed by atoms with van der Waals surface area (Å²) < 4.78 is 5.65. The zero-order valence-corrected chi connectivity index (χ0v) is 23.5. The van der Waals surface area contributed by atoms with E-state index in [2.05, 4.69) is 10.6 Å². The number of amides is 4. The first-order valence-electron chi connectivity index (χ1n) is 13.3. The Hall–Kier alpha value is -3.88. The largest absolute Gasteiger partial charge is 0.444 e. The van der Waals surface area contributed by atoms with E-state index in [0.29, 0.717) is 32.6 Å². The summed E-state index contributed by atoms with van der Waals surface area (Å²) in [7, 11) is 0. The van der Waals surface area contributed by atoms with E-state index >= 15 is 0 Å². The number of hydrogen-bond donors (Lipinski definition) is 2. The standard InChI is InChI=1S/C30H40N4O5/c1-21(35)31-19-25-13-9-12-24(16-25)17-26(32-22(2)36)18-27-28(37)33(20-23-10-7-6-8-11-23)14-15-34(27)29(38)39-30(3,4)5/h6-13,16,26-27H,14-15,17-20H2,1-5H3,(H,31,35)(H,32,36)/t26-,27-/m0/s1. The number of ether oxygens (including phenoxy) is 1. The van der Waals surface area contributed by atoms with E-state index in [0.717, 1.165) is 16.7 Å². The number of hydrogen-bond acceptors (Lipinski definition) is 5. The van der Waals surface area contributed by atoms with Crippen LogP contribution in [0.2, 0.25) is 0 Å². The second kappa shape index (κ2) is 13.3. The molecule has 1 fully saturated rings. The molecule has 9 nitrogen and oxygen atoms in total. The van der Waals surface area contributed by atoms with E-state index in [1.54, 1.807) is 25.7 Å². The van der Waals surface area contributed by atoms with E-state index in [1.807, 2.05) is 54.6 Å². The molecule has 39 heavy (non-hydrogen) atoms. The van der Waals surface area contributed by atoms with Gasteiger partial charge in [-0.1, -0.05) is 54.6 Å². The average molecular weight is 537 g/mol. The molecule has 0 aliphatic carbocycles. The molecule has 1 aliphatic heterocycles. The minimum absolute atomic E-state index is 0.116. The number of nitrogens with one attached hydrogen (secondary N) is 2. The number of benzene rings is 2. The van der Waals surface area contributed by atoms with Crippen molar-refractivity contribution < 1.29 is 23.9 Å². The Kier molecular flexibility index (Phi) is 10.1. The van der Waals surface area contributed by atoms with Gasteiger partial charge < -0.3 is 20.3 Å². The van der Waals surface area contributed by atoms with Crippen molar-refractivity contribution in [2.24, 2.45) is 0 Å². The Labute approximate surface area is 230 Å². The maximum Gasteiger partial charge on any atom is 0.411 e. The number of carbonyl (C=O) groups is 4. The third-order valence-electron chi connectivity index (χ3n) is 6.36. The molecule has 2 atom stereocenters. The van der Waals surface area contributed by atoms with Gasteiger partial charge in [0.15, 0.2) is 0 Å². The van der Waals surface area contributed by atoms with Crippen LogP contribution in [0.5, 0.6) is 0 Å². The van der Waals surface area contributed by atoms with Gasteiger partial charge in [-0.05, 0) is 50.3 Å². The van der Waals surface area contributed by atoms with Crippen LogP contribution in [0.25, 0.3) is 0 Å². The van der Waals surface area contributed by atoms with Crippen LogP contribution >= 0.6 is 0 Å². The monoisotopic (exact) mass is 536 g/mol. The fraction of sp³-hybridized carbons (Fsp3) is 0.467. The van der Waals surface area contributed by atoms with Crippen molar-refractivity contribution >= 4 is 23.8 Å². The minimum atomic E-state index is -0.795. The third-order valence-corrected chi connectivity index (χ3v) is 6.36. The molecule has 0 bridgehead atoms.